The minimum atomic E-state index is -0.620. The van der Waals surface area contributed by atoms with Crippen molar-refractivity contribution in [1.82, 2.24) is 0 Å². The van der Waals surface area contributed by atoms with Gasteiger partial charge in [-0.2, -0.15) is 0 Å². The molecule has 0 aromatic heterocycles. The molecule has 6 atom stereocenters. The van der Waals surface area contributed by atoms with Gasteiger partial charge < -0.3 is 23.7 Å². The Morgan fingerprint density at radius 3 is 2.69 bits per heavy atom. The lowest BCUT2D eigenvalue weighted by Gasteiger charge is -2.41. The molecule has 8 nitrogen and oxygen atoms in total. The minimum absolute atomic E-state index is 0.0568. The van der Waals surface area contributed by atoms with Gasteiger partial charge in [0.05, 0.1) is 5.92 Å². The Hall–Kier alpha value is -3.13. The third-order valence-corrected chi connectivity index (χ3v) is 6.57. The average Bonchev–Trinajstić information content (AvgIpc) is 3.00. The summed E-state index contributed by atoms with van der Waals surface area (Å²) in [6, 6.07) is 7.75. The normalized spacial score (nSPS) is 26.4. The zero-order valence-electron chi connectivity index (χ0n) is 21.3. The highest BCUT2D eigenvalue weighted by Gasteiger charge is 2.51. The molecule has 6 unspecified atom stereocenters. The van der Waals surface area contributed by atoms with E-state index in [2.05, 4.69) is 13.2 Å². The molecule has 0 spiro atoms. The highest BCUT2D eigenvalue weighted by Crippen LogP contribution is 2.48. The summed E-state index contributed by atoms with van der Waals surface area (Å²) in [5, 5.41) is 0. The van der Waals surface area contributed by atoms with Crippen LogP contribution >= 0.6 is 0 Å². The van der Waals surface area contributed by atoms with E-state index in [1.54, 1.807) is 6.08 Å². The van der Waals surface area contributed by atoms with Crippen LogP contribution in [0.5, 0.6) is 5.75 Å². The van der Waals surface area contributed by atoms with Crippen molar-refractivity contribution in [1.29, 1.82) is 0 Å². The van der Waals surface area contributed by atoms with Gasteiger partial charge in [-0.1, -0.05) is 31.4 Å². The van der Waals surface area contributed by atoms with Gasteiger partial charge in [0, 0.05) is 18.1 Å². The lowest BCUT2D eigenvalue weighted by molar-refractivity contribution is -0.177. The van der Waals surface area contributed by atoms with Crippen molar-refractivity contribution in [2.45, 2.75) is 65.0 Å². The monoisotopic (exact) mass is 500 g/mol. The molecule has 0 N–H and O–H groups in total. The third-order valence-electron chi connectivity index (χ3n) is 6.57. The number of rotatable bonds is 9. The van der Waals surface area contributed by atoms with Crippen molar-refractivity contribution in [2.75, 3.05) is 13.2 Å². The molecule has 4 bridgehead atoms. The van der Waals surface area contributed by atoms with Crippen LogP contribution in [0, 0.1) is 17.8 Å². The molecule has 1 aromatic carbocycles. The zero-order chi connectivity index (χ0) is 26.2. The molecule has 0 radical (unpaired) electrons. The number of ether oxygens (including phenoxy) is 5. The van der Waals surface area contributed by atoms with E-state index in [-0.39, 0.29) is 35.8 Å². The Kier molecular flexibility index (Phi) is 9.70. The number of benzene rings is 1. The van der Waals surface area contributed by atoms with Gasteiger partial charge >= 0.3 is 17.9 Å². The van der Waals surface area contributed by atoms with E-state index in [9.17, 15) is 14.4 Å². The summed E-state index contributed by atoms with van der Waals surface area (Å²) in [7, 11) is 0. The minimum Gasteiger partial charge on any atom is -0.465 e. The quantitative estimate of drug-likeness (QED) is 0.212. The number of esters is 3. The Morgan fingerprint density at radius 1 is 1.22 bits per heavy atom. The van der Waals surface area contributed by atoms with Crippen LogP contribution in [0.2, 0.25) is 0 Å². The highest BCUT2D eigenvalue weighted by atomic mass is 16.7. The molecular formula is C28H36O8. The van der Waals surface area contributed by atoms with Gasteiger partial charge in [-0.3, -0.25) is 4.79 Å². The fourth-order valence-electron chi connectivity index (χ4n) is 5.05. The first-order valence-corrected chi connectivity index (χ1v) is 12.4. The van der Waals surface area contributed by atoms with E-state index in [0.717, 1.165) is 37.0 Å². The molecule has 2 aliphatic carbocycles. The van der Waals surface area contributed by atoms with Crippen LogP contribution in [0.15, 0.2) is 43.0 Å². The third kappa shape index (κ3) is 7.43. The van der Waals surface area contributed by atoms with Gasteiger partial charge in [0.15, 0.2) is 12.9 Å². The summed E-state index contributed by atoms with van der Waals surface area (Å²) < 4.78 is 26.5. The summed E-state index contributed by atoms with van der Waals surface area (Å²) >= 11 is 0. The molecule has 2 saturated heterocycles. The van der Waals surface area contributed by atoms with Crippen LogP contribution in [-0.2, 0) is 33.3 Å². The van der Waals surface area contributed by atoms with Crippen molar-refractivity contribution in [2.24, 2.45) is 17.8 Å². The van der Waals surface area contributed by atoms with Crippen molar-refractivity contribution in [3.63, 3.8) is 0 Å². The van der Waals surface area contributed by atoms with Gasteiger partial charge in [-0.05, 0) is 70.1 Å². The molecule has 4 fully saturated rings. The van der Waals surface area contributed by atoms with Crippen molar-refractivity contribution >= 4 is 24.0 Å². The van der Waals surface area contributed by atoms with Crippen molar-refractivity contribution in [3.05, 3.63) is 48.6 Å². The Balaban J connectivity index is 0.000000223. The van der Waals surface area contributed by atoms with Gasteiger partial charge in [-0.25, -0.2) is 9.59 Å². The topological polar surface area (TPSA) is 97.4 Å². The van der Waals surface area contributed by atoms with Crippen LogP contribution in [0.25, 0.3) is 6.08 Å². The molecule has 2 heterocycles. The number of carbonyl (C=O) groups is 3. The lowest BCUT2D eigenvalue weighted by Crippen LogP contribution is -2.45. The molecule has 196 valence electrons. The zero-order valence-corrected chi connectivity index (χ0v) is 21.3. The molecule has 0 amide bonds. The maximum absolute atomic E-state index is 11.9. The number of hydrogen-bond donors (Lipinski definition) is 0. The van der Waals surface area contributed by atoms with E-state index in [1.807, 2.05) is 38.1 Å². The summed E-state index contributed by atoms with van der Waals surface area (Å²) in [4.78, 5) is 35.1. The standard InChI is InChI=1S/C16H20O6.C12H16O2/c1-8(2)15(18)20-7-13(17)22-14-10-3-9-4-11(6-10)16(19)21-12(14)5-9;1-4-11-7-6-8-12(9-11)14-10(3)13-5-2/h9-12,14H,1,3-7H2,2H3;4,6-10H,1,5H2,2-3H3. The molecule has 2 saturated carbocycles. The largest absolute Gasteiger partial charge is 0.465 e. The van der Waals surface area contributed by atoms with Crippen LogP contribution in [0.3, 0.4) is 0 Å². The van der Waals surface area contributed by atoms with Crippen LogP contribution in [0.4, 0.5) is 0 Å². The molecular weight excluding hydrogens is 464 g/mol. The fraction of sp³-hybridized carbons (Fsp3) is 0.536. The number of fused-ring (bicyclic) bond motifs is 1. The maximum atomic E-state index is 11.9. The van der Waals surface area contributed by atoms with Crippen molar-refractivity contribution in [3.8, 4) is 5.75 Å². The molecule has 8 heteroatoms. The first-order valence-electron chi connectivity index (χ1n) is 12.4. The molecule has 4 aliphatic rings. The molecule has 5 rings (SSSR count). The van der Waals surface area contributed by atoms with Crippen molar-refractivity contribution < 1.29 is 38.1 Å². The second-order valence-corrected chi connectivity index (χ2v) is 9.47. The first kappa shape index (κ1) is 27.5. The second kappa shape index (κ2) is 12.7. The fourth-order valence-corrected chi connectivity index (χ4v) is 5.05. The second-order valence-electron chi connectivity index (χ2n) is 9.47. The summed E-state index contributed by atoms with van der Waals surface area (Å²) in [5.74, 6) is 0.00597. The molecule has 1 aromatic rings. The van der Waals surface area contributed by atoms with E-state index >= 15 is 0 Å². The Morgan fingerprint density at radius 2 is 2.00 bits per heavy atom. The van der Waals surface area contributed by atoms with Gasteiger partial charge in [0.1, 0.15) is 18.0 Å². The Labute approximate surface area is 212 Å². The lowest BCUT2D eigenvalue weighted by atomic mass is 9.67. The average molecular weight is 501 g/mol. The van der Waals surface area contributed by atoms with E-state index < -0.39 is 24.6 Å². The summed E-state index contributed by atoms with van der Waals surface area (Å²) in [5.41, 5.74) is 1.28. The van der Waals surface area contributed by atoms with E-state index in [0.29, 0.717) is 12.5 Å². The van der Waals surface area contributed by atoms with Gasteiger partial charge in [0.2, 0.25) is 0 Å². The van der Waals surface area contributed by atoms with Crippen LogP contribution in [0.1, 0.15) is 52.0 Å². The SMILES string of the molecule is C=C(C)C(=O)OCC(=O)OC1C2CC3CC(C2)C(=O)OC1C3.C=Cc1cccc(OC(C)OCC)c1. The van der Waals surface area contributed by atoms with E-state index in [1.165, 1.54) is 6.92 Å². The van der Waals surface area contributed by atoms with Gasteiger partial charge in [-0.15, -0.1) is 0 Å². The summed E-state index contributed by atoms with van der Waals surface area (Å²) in [6.07, 6.45) is 4.14. The van der Waals surface area contributed by atoms with Crippen LogP contribution < -0.4 is 4.74 Å². The molecule has 2 aliphatic heterocycles. The highest BCUT2D eigenvalue weighted by molar-refractivity contribution is 5.88. The summed E-state index contributed by atoms with van der Waals surface area (Å²) in [6.45, 7) is 12.7. The smallest absolute Gasteiger partial charge is 0.344 e. The molecule has 36 heavy (non-hydrogen) atoms. The maximum Gasteiger partial charge on any atom is 0.344 e. The first-order chi connectivity index (χ1) is 17.2. The Bertz CT molecular complexity index is 970. The van der Waals surface area contributed by atoms with E-state index in [4.69, 9.17) is 23.7 Å². The number of carbonyl (C=O) groups excluding carboxylic acids is 3. The van der Waals surface area contributed by atoms with Crippen LogP contribution in [-0.4, -0.2) is 49.6 Å². The number of hydrogen-bond acceptors (Lipinski definition) is 8. The predicted molar refractivity (Wildman–Crippen MR) is 133 cm³/mol. The predicted octanol–water partition coefficient (Wildman–Crippen LogP) is 4.47. The van der Waals surface area contributed by atoms with Gasteiger partial charge in [0.25, 0.3) is 0 Å².